The van der Waals surface area contributed by atoms with Gasteiger partial charge in [0.15, 0.2) is 0 Å². The third-order valence-electron chi connectivity index (χ3n) is 6.06. The number of nitrogens with zero attached hydrogens (tertiary/aromatic N) is 3. The molecular weight excluding hydrogens is 422 g/mol. The van der Waals surface area contributed by atoms with Crippen LogP contribution in [0.3, 0.4) is 0 Å². The maximum atomic E-state index is 4.73. The summed E-state index contributed by atoms with van der Waals surface area (Å²) in [6.45, 7) is 11.3. The lowest BCUT2D eigenvalue weighted by molar-refractivity contribution is 0.596. The Kier molecular flexibility index (Phi) is 5.49. The molecule has 4 heteroatoms. The van der Waals surface area contributed by atoms with Crippen LogP contribution in [0.1, 0.15) is 45.7 Å². The van der Waals surface area contributed by atoms with Crippen LogP contribution in [0.2, 0.25) is 0 Å². The Morgan fingerprint density at radius 2 is 1.61 bits per heavy atom. The van der Waals surface area contributed by atoms with Gasteiger partial charge in [-0.05, 0) is 74.7 Å². The molecule has 0 aliphatic carbocycles. The molecule has 3 aromatic heterocycles. The molecule has 0 bridgehead atoms. The predicted octanol–water partition coefficient (Wildman–Crippen LogP) is 8.07. The zero-order valence-corrected chi connectivity index (χ0v) is 20.7. The average molecular weight is 452 g/mol. The van der Waals surface area contributed by atoms with Crippen LogP contribution >= 0.6 is 11.3 Å². The van der Waals surface area contributed by atoms with Crippen molar-refractivity contribution < 1.29 is 0 Å². The molecule has 0 saturated heterocycles. The van der Waals surface area contributed by atoms with E-state index in [1.807, 2.05) is 6.20 Å². The van der Waals surface area contributed by atoms with Crippen molar-refractivity contribution in [2.75, 3.05) is 0 Å². The molecule has 0 unspecified atom stereocenters. The lowest BCUT2D eigenvalue weighted by Crippen LogP contribution is -2.12. The van der Waals surface area contributed by atoms with Crippen LogP contribution in [-0.2, 0) is 11.8 Å². The van der Waals surface area contributed by atoms with E-state index in [4.69, 9.17) is 4.98 Å². The third kappa shape index (κ3) is 4.28. The van der Waals surface area contributed by atoms with Gasteiger partial charge in [0.1, 0.15) is 6.33 Å². The van der Waals surface area contributed by atoms with Crippen molar-refractivity contribution in [3.05, 3.63) is 77.6 Å². The van der Waals surface area contributed by atoms with Gasteiger partial charge < -0.3 is 0 Å². The fourth-order valence-corrected chi connectivity index (χ4v) is 5.38. The maximum absolute atomic E-state index is 4.73. The number of hydrogen-bond acceptors (Lipinski definition) is 4. The van der Waals surface area contributed by atoms with Gasteiger partial charge in [-0.1, -0.05) is 58.9 Å². The largest absolute Gasteiger partial charge is 0.253 e. The Morgan fingerprint density at radius 3 is 2.39 bits per heavy atom. The van der Waals surface area contributed by atoms with Crippen LogP contribution < -0.4 is 0 Å². The summed E-state index contributed by atoms with van der Waals surface area (Å²) in [5, 5.41) is 6.09. The fourth-order valence-electron chi connectivity index (χ4n) is 4.46. The topological polar surface area (TPSA) is 38.7 Å². The standard InChI is InChI=1S/C29H29N3S/c1-18(2)10-21-16-33-28-15-30-26(13-23(21)28)27-14-25(31-17-32-27)20-11-19-8-6-7-9-22(19)24(12-20)29(3,4)5/h6-9,11-18H,10H2,1-5H3. The normalized spacial score (nSPS) is 12.2. The minimum absolute atomic E-state index is 0.0316. The maximum Gasteiger partial charge on any atom is 0.116 e. The lowest BCUT2D eigenvalue weighted by Gasteiger charge is -2.22. The number of pyridine rings is 1. The van der Waals surface area contributed by atoms with Gasteiger partial charge in [-0.15, -0.1) is 11.3 Å². The second-order valence-electron chi connectivity index (χ2n) is 10.2. The van der Waals surface area contributed by atoms with Crippen molar-refractivity contribution in [2.24, 2.45) is 5.92 Å². The first-order valence-corrected chi connectivity index (χ1v) is 12.4. The molecule has 0 aliphatic heterocycles. The first kappa shape index (κ1) is 21.7. The molecule has 0 spiro atoms. The summed E-state index contributed by atoms with van der Waals surface area (Å²) >= 11 is 1.77. The summed E-state index contributed by atoms with van der Waals surface area (Å²) in [6.07, 6.45) is 4.71. The van der Waals surface area contributed by atoms with Crippen LogP contribution in [-0.4, -0.2) is 15.0 Å². The van der Waals surface area contributed by atoms with Crippen molar-refractivity contribution in [3.8, 4) is 22.6 Å². The molecule has 0 aliphatic rings. The van der Waals surface area contributed by atoms with Gasteiger partial charge in [-0.3, -0.25) is 4.98 Å². The van der Waals surface area contributed by atoms with Crippen molar-refractivity contribution in [3.63, 3.8) is 0 Å². The van der Waals surface area contributed by atoms with Crippen LogP contribution in [0.5, 0.6) is 0 Å². The van der Waals surface area contributed by atoms with Gasteiger partial charge in [0.2, 0.25) is 0 Å². The van der Waals surface area contributed by atoms with Crippen molar-refractivity contribution in [1.82, 2.24) is 15.0 Å². The molecule has 0 fully saturated rings. The Labute approximate surface area is 199 Å². The highest BCUT2D eigenvalue weighted by Gasteiger charge is 2.19. The molecule has 3 heterocycles. The highest BCUT2D eigenvalue weighted by molar-refractivity contribution is 7.17. The van der Waals surface area contributed by atoms with E-state index in [9.17, 15) is 0 Å². The minimum Gasteiger partial charge on any atom is -0.253 e. The van der Waals surface area contributed by atoms with Gasteiger partial charge in [0, 0.05) is 11.8 Å². The summed E-state index contributed by atoms with van der Waals surface area (Å²) in [5.74, 6) is 0.620. The van der Waals surface area contributed by atoms with Gasteiger partial charge in [0.05, 0.1) is 21.8 Å². The Morgan fingerprint density at radius 1 is 0.848 bits per heavy atom. The molecular formula is C29H29N3S. The molecule has 5 aromatic rings. The van der Waals surface area contributed by atoms with E-state index >= 15 is 0 Å². The summed E-state index contributed by atoms with van der Waals surface area (Å²) in [6, 6.07) is 17.4. The molecule has 0 atom stereocenters. The molecule has 2 aromatic carbocycles. The number of aromatic nitrogens is 3. The zero-order chi connectivity index (χ0) is 23.2. The Bertz CT molecular complexity index is 1460. The molecule has 0 saturated carbocycles. The Balaban J connectivity index is 1.61. The number of rotatable bonds is 4. The highest BCUT2D eigenvalue weighted by Crippen LogP contribution is 2.35. The van der Waals surface area contributed by atoms with E-state index in [1.165, 1.54) is 32.0 Å². The van der Waals surface area contributed by atoms with Gasteiger partial charge in [0.25, 0.3) is 0 Å². The molecule has 0 radical (unpaired) electrons. The smallest absolute Gasteiger partial charge is 0.116 e. The summed E-state index contributed by atoms with van der Waals surface area (Å²) in [5.41, 5.74) is 6.54. The summed E-state index contributed by atoms with van der Waals surface area (Å²) < 4.78 is 1.23. The Hall–Kier alpha value is -3.11. The van der Waals surface area contributed by atoms with Crippen molar-refractivity contribution in [2.45, 2.75) is 46.5 Å². The molecule has 166 valence electrons. The number of benzene rings is 2. The van der Waals surface area contributed by atoms with E-state index in [0.717, 1.165) is 29.1 Å². The van der Waals surface area contributed by atoms with Crippen LogP contribution in [0.25, 0.3) is 43.5 Å². The third-order valence-corrected chi connectivity index (χ3v) is 7.05. The molecule has 5 rings (SSSR count). The molecule has 0 amide bonds. The number of thiophene rings is 1. The van der Waals surface area contributed by atoms with Crippen LogP contribution in [0.4, 0.5) is 0 Å². The van der Waals surface area contributed by atoms with Crippen molar-refractivity contribution in [1.29, 1.82) is 0 Å². The van der Waals surface area contributed by atoms with E-state index in [1.54, 1.807) is 17.7 Å². The van der Waals surface area contributed by atoms with E-state index in [0.29, 0.717) is 5.92 Å². The fraction of sp³-hybridized carbons (Fsp3) is 0.276. The second kappa shape index (κ2) is 8.35. The molecule has 33 heavy (non-hydrogen) atoms. The first-order chi connectivity index (χ1) is 15.8. The van der Waals surface area contributed by atoms with E-state index in [2.05, 4.69) is 98.5 Å². The molecule has 3 nitrogen and oxygen atoms in total. The van der Waals surface area contributed by atoms with Gasteiger partial charge in [-0.25, -0.2) is 9.97 Å². The summed E-state index contributed by atoms with van der Waals surface area (Å²) in [7, 11) is 0. The number of hydrogen-bond donors (Lipinski definition) is 0. The second-order valence-corrected chi connectivity index (χ2v) is 11.1. The van der Waals surface area contributed by atoms with E-state index in [-0.39, 0.29) is 5.41 Å². The van der Waals surface area contributed by atoms with Gasteiger partial charge >= 0.3 is 0 Å². The average Bonchev–Trinajstić information content (AvgIpc) is 3.19. The summed E-state index contributed by atoms with van der Waals surface area (Å²) in [4.78, 5) is 13.9. The predicted molar refractivity (Wildman–Crippen MR) is 141 cm³/mol. The SMILES string of the molecule is CC(C)Cc1csc2cnc(-c3cc(-c4cc(C(C)(C)C)c5ccccc5c4)ncn3)cc12. The molecule has 0 N–H and O–H groups in total. The van der Waals surface area contributed by atoms with Crippen molar-refractivity contribution >= 4 is 32.2 Å². The van der Waals surface area contributed by atoms with E-state index < -0.39 is 0 Å². The minimum atomic E-state index is 0.0316. The highest BCUT2D eigenvalue weighted by atomic mass is 32.1. The van der Waals surface area contributed by atoms with Gasteiger partial charge in [-0.2, -0.15) is 0 Å². The lowest BCUT2D eigenvalue weighted by atomic mass is 9.82. The monoisotopic (exact) mass is 451 g/mol. The van der Waals surface area contributed by atoms with Crippen LogP contribution in [0, 0.1) is 5.92 Å². The first-order valence-electron chi connectivity index (χ1n) is 11.5. The quantitative estimate of drug-likeness (QED) is 0.277. The van der Waals surface area contributed by atoms with Crippen LogP contribution in [0.15, 0.2) is 66.4 Å². The zero-order valence-electron chi connectivity index (χ0n) is 19.9. The number of fused-ring (bicyclic) bond motifs is 2.